The molecule has 0 heterocycles. The molecule has 0 saturated heterocycles. The summed E-state index contributed by atoms with van der Waals surface area (Å²) >= 11 is 3.54. The van der Waals surface area contributed by atoms with E-state index in [0.29, 0.717) is 6.54 Å². The van der Waals surface area contributed by atoms with Crippen LogP contribution in [0.5, 0.6) is 0 Å². The van der Waals surface area contributed by atoms with Gasteiger partial charge in [-0.05, 0) is 37.1 Å². The molecule has 0 radical (unpaired) electrons. The van der Waals surface area contributed by atoms with Crippen molar-refractivity contribution in [2.45, 2.75) is 33.2 Å². The Morgan fingerprint density at radius 2 is 2.00 bits per heavy atom. The molecule has 2 N–H and O–H groups in total. The lowest BCUT2D eigenvalue weighted by Crippen LogP contribution is -2.24. The summed E-state index contributed by atoms with van der Waals surface area (Å²) in [6, 6.07) is 6.43. The molecule has 0 bridgehead atoms. The van der Waals surface area contributed by atoms with E-state index in [0.717, 1.165) is 17.6 Å². The van der Waals surface area contributed by atoms with Crippen LogP contribution in [-0.4, -0.2) is 13.1 Å². The Morgan fingerprint density at radius 3 is 2.56 bits per heavy atom. The van der Waals surface area contributed by atoms with E-state index in [2.05, 4.69) is 52.9 Å². The first-order chi connectivity index (χ1) is 7.71. The predicted molar refractivity (Wildman–Crippen MR) is 74.8 cm³/mol. The minimum Gasteiger partial charge on any atom is -0.372 e. The van der Waals surface area contributed by atoms with E-state index < -0.39 is 0 Å². The topological polar surface area (TPSA) is 29.3 Å². The Bertz CT molecular complexity index is 326. The van der Waals surface area contributed by atoms with Gasteiger partial charge in [0.1, 0.15) is 0 Å². The molecule has 16 heavy (non-hydrogen) atoms. The van der Waals surface area contributed by atoms with Crippen molar-refractivity contribution < 1.29 is 0 Å². The van der Waals surface area contributed by atoms with E-state index in [1.54, 1.807) is 0 Å². The lowest BCUT2D eigenvalue weighted by molar-refractivity contribution is 0.731. The Morgan fingerprint density at radius 1 is 1.25 bits per heavy atom. The molecule has 2 nitrogen and oxygen atoms in total. The average molecular weight is 285 g/mol. The maximum absolute atomic E-state index is 5.69. The fraction of sp³-hybridized carbons (Fsp3) is 0.538. The molecule has 90 valence electrons. The lowest BCUT2D eigenvalue weighted by atomic mass is 10.2. The van der Waals surface area contributed by atoms with Gasteiger partial charge >= 0.3 is 0 Å². The van der Waals surface area contributed by atoms with Crippen molar-refractivity contribution in [1.82, 2.24) is 0 Å². The molecule has 0 spiro atoms. The second-order valence-electron chi connectivity index (χ2n) is 3.96. The Balaban J connectivity index is 2.86. The quantitative estimate of drug-likeness (QED) is 0.866. The van der Waals surface area contributed by atoms with Crippen LogP contribution >= 0.6 is 15.9 Å². The van der Waals surface area contributed by atoms with Crippen LogP contribution in [0.3, 0.4) is 0 Å². The van der Waals surface area contributed by atoms with Gasteiger partial charge in [0, 0.05) is 29.8 Å². The van der Waals surface area contributed by atoms with Gasteiger partial charge in [-0.15, -0.1) is 0 Å². The Labute approximate surface area is 107 Å². The third-order valence-electron chi connectivity index (χ3n) is 2.71. The standard InChI is InChI=1S/C13H21BrN2/c1-3-5-6-16(4-2)13-8-11(10-15)7-12(14)9-13/h7-9H,3-6,10,15H2,1-2H3. The van der Waals surface area contributed by atoms with E-state index in [1.807, 2.05) is 0 Å². The van der Waals surface area contributed by atoms with Crippen LogP contribution in [0, 0.1) is 0 Å². The average Bonchev–Trinajstić information content (AvgIpc) is 2.29. The Hall–Kier alpha value is -0.540. The summed E-state index contributed by atoms with van der Waals surface area (Å²) in [5.74, 6) is 0. The summed E-state index contributed by atoms with van der Waals surface area (Å²) in [6.07, 6.45) is 2.46. The van der Waals surface area contributed by atoms with Crippen LogP contribution in [0.2, 0.25) is 0 Å². The third kappa shape index (κ3) is 3.80. The lowest BCUT2D eigenvalue weighted by Gasteiger charge is -2.23. The molecule has 0 aliphatic carbocycles. The molecule has 0 fully saturated rings. The Kier molecular flexibility index (Phi) is 5.85. The summed E-state index contributed by atoms with van der Waals surface area (Å²) < 4.78 is 1.11. The summed E-state index contributed by atoms with van der Waals surface area (Å²) in [6.45, 7) is 7.17. The highest BCUT2D eigenvalue weighted by Gasteiger charge is 2.05. The number of unbranched alkanes of at least 4 members (excludes halogenated alkanes) is 1. The molecule has 1 aromatic rings. The molecule has 0 aliphatic rings. The summed E-state index contributed by atoms with van der Waals surface area (Å²) in [5, 5.41) is 0. The number of rotatable bonds is 6. The fourth-order valence-electron chi connectivity index (χ4n) is 1.75. The van der Waals surface area contributed by atoms with Crippen LogP contribution in [0.25, 0.3) is 0 Å². The highest BCUT2D eigenvalue weighted by Crippen LogP contribution is 2.23. The van der Waals surface area contributed by atoms with Crippen LogP contribution < -0.4 is 10.6 Å². The van der Waals surface area contributed by atoms with Gasteiger partial charge in [0.2, 0.25) is 0 Å². The molecule has 3 heteroatoms. The number of hydrogen-bond acceptors (Lipinski definition) is 2. The van der Waals surface area contributed by atoms with Crippen molar-refractivity contribution >= 4 is 21.6 Å². The molecule has 0 amide bonds. The molecule has 1 aromatic carbocycles. The minimum absolute atomic E-state index is 0.595. The van der Waals surface area contributed by atoms with Crippen molar-refractivity contribution in [3.8, 4) is 0 Å². The number of benzene rings is 1. The SMILES string of the molecule is CCCCN(CC)c1cc(Br)cc(CN)c1. The zero-order chi connectivity index (χ0) is 12.0. The molecular formula is C13H21BrN2. The van der Waals surface area contributed by atoms with Crippen molar-refractivity contribution in [2.24, 2.45) is 5.73 Å². The number of anilines is 1. The normalized spacial score (nSPS) is 10.5. The van der Waals surface area contributed by atoms with E-state index in [1.165, 1.54) is 24.1 Å². The minimum atomic E-state index is 0.595. The first-order valence-electron chi connectivity index (χ1n) is 5.95. The molecule has 0 aliphatic heterocycles. The van der Waals surface area contributed by atoms with Crippen molar-refractivity contribution in [2.75, 3.05) is 18.0 Å². The van der Waals surface area contributed by atoms with Gasteiger partial charge in [-0.1, -0.05) is 29.3 Å². The maximum Gasteiger partial charge on any atom is 0.0380 e. The largest absolute Gasteiger partial charge is 0.372 e. The highest BCUT2D eigenvalue weighted by atomic mass is 79.9. The van der Waals surface area contributed by atoms with E-state index >= 15 is 0 Å². The molecule has 0 atom stereocenters. The van der Waals surface area contributed by atoms with Crippen molar-refractivity contribution in [3.63, 3.8) is 0 Å². The van der Waals surface area contributed by atoms with Gasteiger partial charge in [0.05, 0.1) is 0 Å². The summed E-state index contributed by atoms with van der Waals surface area (Å²) in [5.41, 5.74) is 8.14. The van der Waals surface area contributed by atoms with Gasteiger partial charge in [-0.3, -0.25) is 0 Å². The van der Waals surface area contributed by atoms with Gasteiger partial charge < -0.3 is 10.6 Å². The highest BCUT2D eigenvalue weighted by molar-refractivity contribution is 9.10. The second kappa shape index (κ2) is 6.92. The van der Waals surface area contributed by atoms with Gasteiger partial charge in [-0.2, -0.15) is 0 Å². The smallest absolute Gasteiger partial charge is 0.0380 e. The number of hydrogen-bond donors (Lipinski definition) is 1. The monoisotopic (exact) mass is 284 g/mol. The number of halogens is 1. The van der Waals surface area contributed by atoms with Crippen LogP contribution in [0.15, 0.2) is 22.7 Å². The van der Waals surface area contributed by atoms with E-state index in [9.17, 15) is 0 Å². The van der Waals surface area contributed by atoms with E-state index in [-0.39, 0.29) is 0 Å². The fourth-order valence-corrected chi connectivity index (χ4v) is 2.28. The zero-order valence-electron chi connectivity index (χ0n) is 10.2. The summed E-state index contributed by atoms with van der Waals surface area (Å²) in [4.78, 5) is 2.40. The molecule has 1 rings (SSSR count). The van der Waals surface area contributed by atoms with Crippen molar-refractivity contribution in [1.29, 1.82) is 0 Å². The molecule has 0 aromatic heterocycles. The van der Waals surface area contributed by atoms with Crippen molar-refractivity contribution in [3.05, 3.63) is 28.2 Å². The van der Waals surface area contributed by atoms with Gasteiger partial charge in [0.25, 0.3) is 0 Å². The maximum atomic E-state index is 5.69. The first kappa shape index (κ1) is 13.5. The molecule has 0 unspecified atom stereocenters. The zero-order valence-corrected chi connectivity index (χ0v) is 11.8. The third-order valence-corrected chi connectivity index (χ3v) is 3.16. The molecule has 0 saturated carbocycles. The number of nitrogens with zero attached hydrogens (tertiary/aromatic N) is 1. The van der Waals surface area contributed by atoms with Gasteiger partial charge in [0.15, 0.2) is 0 Å². The van der Waals surface area contributed by atoms with E-state index in [4.69, 9.17) is 5.73 Å². The van der Waals surface area contributed by atoms with Crippen LogP contribution in [0.1, 0.15) is 32.3 Å². The number of nitrogens with two attached hydrogens (primary N) is 1. The van der Waals surface area contributed by atoms with Crippen LogP contribution in [0.4, 0.5) is 5.69 Å². The van der Waals surface area contributed by atoms with Gasteiger partial charge in [-0.25, -0.2) is 0 Å². The second-order valence-corrected chi connectivity index (χ2v) is 4.87. The predicted octanol–water partition coefficient (Wildman–Crippen LogP) is 3.53. The van der Waals surface area contributed by atoms with Crippen LogP contribution in [-0.2, 0) is 6.54 Å². The summed E-state index contributed by atoms with van der Waals surface area (Å²) in [7, 11) is 0. The molecular weight excluding hydrogens is 264 g/mol. The first-order valence-corrected chi connectivity index (χ1v) is 6.75.